The van der Waals surface area contributed by atoms with Crippen LogP contribution in [0.3, 0.4) is 0 Å². The first kappa shape index (κ1) is 15.3. The molecular formula is C16H23ClN2O. The van der Waals surface area contributed by atoms with Crippen molar-refractivity contribution < 1.29 is 4.79 Å². The third-order valence-corrected chi connectivity index (χ3v) is 4.00. The summed E-state index contributed by atoms with van der Waals surface area (Å²) in [4.78, 5) is 14.4. The molecule has 2 rings (SSSR count). The van der Waals surface area contributed by atoms with Gasteiger partial charge in [-0.25, -0.2) is 0 Å². The Morgan fingerprint density at radius 1 is 1.35 bits per heavy atom. The molecule has 3 nitrogen and oxygen atoms in total. The van der Waals surface area contributed by atoms with Crippen LogP contribution in [-0.4, -0.2) is 22.9 Å². The predicted molar refractivity (Wildman–Crippen MR) is 82.6 cm³/mol. The topological polar surface area (TPSA) is 32.3 Å². The van der Waals surface area contributed by atoms with Crippen molar-refractivity contribution >= 4 is 17.5 Å². The molecule has 0 spiro atoms. The van der Waals surface area contributed by atoms with E-state index in [4.69, 9.17) is 11.6 Å². The number of halogens is 1. The minimum atomic E-state index is -0.145. The van der Waals surface area contributed by atoms with Crippen LogP contribution in [0.25, 0.3) is 0 Å². The van der Waals surface area contributed by atoms with Gasteiger partial charge in [-0.05, 0) is 43.9 Å². The number of hydrogen-bond donors (Lipinski definition) is 1. The number of hydrogen-bond acceptors (Lipinski definition) is 2. The minimum Gasteiger partial charge on any atom is -0.319 e. The second kappa shape index (κ2) is 6.15. The fourth-order valence-electron chi connectivity index (χ4n) is 2.94. The Morgan fingerprint density at radius 2 is 2.05 bits per heavy atom. The molecule has 1 aromatic carbocycles. The standard InChI is InChI=1S/C16H23ClN2O/c1-10(2)8-11(3)19-15(18-12(4)16(19)20)13-6-5-7-14(17)9-13/h5-7,9-12,15,18H,8H2,1-4H3. The molecule has 1 N–H and O–H groups in total. The van der Waals surface area contributed by atoms with Crippen molar-refractivity contribution in [3.05, 3.63) is 34.9 Å². The number of nitrogens with one attached hydrogen (secondary N) is 1. The molecule has 3 unspecified atom stereocenters. The second-order valence-electron chi connectivity index (χ2n) is 6.07. The van der Waals surface area contributed by atoms with Crippen molar-refractivity contribution in [2.24, 2.45) is 5.92 Å². The van der Waals surface area contributed by atoms with Gasteiger partial charge in [0.15, 0.2) is 0 Å². The lowest BCUT2D eigenvalue weighted by molar-refractivity contribution is -0.132. The molecule has 110 valence electrons. The first-order valence-electron chi connectivity index (χ1n) is 7.24. The number of rotatable bonds is 4. The molecule has 1 aliphatic rings. The van der Waals surface area contributed by atoms with Crippen LogP contribution in [0.5, 0.6) is 0 Å². The maximum Gasteiger partial charge on any atom is 0.241 e. The van der Waals surface area contributed by atoms with Crippen LogP contribution < -0.4 is 5.32 Å². The SMILES string of the molecule is CC(C)CC(C)N1C(=O)C(C)NC1c1cccc(Cl)c1. The van der Waals surface area contributed by atoms with E-state index < -0.39 is 0 Å². The molecule has 4 heteroatoms. The summed E-state index contributed by atoms with van der Waals surface area (Å²) in [6.45, 7) is 8.40. The van der Waals surface area contributed by atoms with Crippen molar-refractivity contribution in [1.29, 1.82) is 0 Å². The number of carbonyl (C=O) groups excluding carboxylic acids is 1. The highest BCUT2D eigenvalue weighted by Crippen LogP contribution is 2.30. The normalized spacial score (nSPS) is 24.5. The summed E-state index contributed by atoms with van der Waals surface area (Å²) in [7, 11) is 0. The molecule has 1 fully saturated rings. The molecule has 3 atom stereocenters. The molecule has 0 saturated carbocycles. The Hall–Kier alpha value is -1.06. The molecule has 0 bridgehead atoms. The minimum absolute atomic E-state index is 0.0788. The summed E-state index contributed by atoms with van der Waals surface area (Å²) in [6.07, 6.45) is 0.918. The summed E-state index contributed by atoms with van der Waals surface area (Å²) in [6, 6.07) is 7.80. The molecule has 1 saturated heterocycles. The third-order valence-electron chi connectivity index (χ3n) is 3.76. The average Bonchev–Trinajstić information content (AvgIpc) is 2.65. The lowest BCUT2D eigenvalue weighted by atomic mass is 10.0. The summed E-state index contributed by atoms with van der Waals surface area (Å²) < 4.78 is 0. The molecular weight excluding hydrogens is 272 g/mol. The van der Waals surface area contributed by atoms with Crippen molar-refractivity contribution in [3.8, 4) is 0 Å². The number of nitrogens with zero attached hydrogens (tertiary/aromatic N) is 1. The highest BCUT2D eigenvalue weighted by atomic mass is 35.5. The Bertz CT molecular complexity index is 489. The van der Waals surface area contributed by atoms with Gasteiger partial charge in [0.25, 0.3) is 0 Å². The lowest BCUT2D eigenvalue weighted by Crippen LogP contribution is -2.39. The van der Waals surface area contributed by atoms with E-state index in [2.05, 4.69) is 26.1 Å². The van der Waals surface area contributed by atoms with Crippen LogP contribution in [0.2, 0.25) is 5.02 Å². The highest BCUT2D eigenvalue weighted by Gasteiger charge is 2.39. The fraction of sp³-hybridized carbons (Fsp3) is 0.562. The Morgan fingerprint density at radius 3 is 2.65 bits per heavy atom. The molecule has 1 amide bonds. The lowest BCUT2D eigenvalue weighted by Gasteiger charge is -2.31. The van der Waals surface area contributed by atoms with Gasteiger partial charge >= 0.3 is 0 Å². The molecule has 0 aromatic heterocycles. The van der Waals surface area contributed by atoms with Gasteiger partial charge in [0, 0.05) is 11.1 Å². The smallest absolute Gasteiger partial charge is 0.241 e. The Labute approximate surface area is 126 Å². The van der Waals surface area contributed by atoms with E-state index in [1.807, 2.05) is 36.1 Å². The van der Waals surface area contributed by atoms with E-state index >= 15 is 0 Å². The van der Waals surface area contributed by atoms with Gasteiger partial charge in [-0.3, -0.25) is 10.1 Å². The quantitative estimate of drug-likeness (QED) is 0.920. The van der Waals surface area contributed by atoms with E-state index in [1.165, 1.54) is 0 Å². The molecule has 0 aliphatic carbocycles. The zero-order chi connectivity index (χ0) is 14.9. The maximum atomic E-state index is 12.4. The van der Waals surface area contributed by atoms with E-state index in [1.54, 1.807) is 0 Å². The van der Waals surface area contributed by atoms with Gasteiger partial charge in [-0.1, -0.05) is 37.6 Å². The Balaban J connectivity index is 2.28. The van der Waals surface area contributed by atoms with Gasteiger partial charge in [-0.2, -0.15) is 0 Å². The van der Waals surface area contributed by atoms with Gasteiger partial charge in [0.05, 0.1) is 6.04 Å². The number of amides is 1. The molecule has 1 aromatic rings. The van der Waals surface area contributed by atoms with Crippen molar-refractivity contribution in [1.82, 2.24) is 10.2 Å². The molecule has 0 radical (unpaired) electrons. The first-order valence-corrected chi connectivity index (χ1v) is 7.61. The zero-order valence-electron chi connectivity index (χ0n) is 12.6. The van der Waals surface area contributed by atoms with Crippen LogP contribution in [-0.2, 0) is 4.79 Å². The van der Waals surface area contributed by atoms with Gasteiger partial charge in [0.2, 0.25) is 5.91 Å². The van der Waals surface area contributed by atoms with Gasteiger partial charge in [-0.15, -0.1) is 0 Å². The van der Waals surface area contributed by atoms with Crippen molar-refractivity contribution in [2.75, 3.05) is 0 Å². The van der Waals surface area contributed by atoms with Crippen LogP contribution in [0.1, 0.15) is 45.8 Å². The fourth-order valence-corrected chi connectivity index (χ4v) is 3.14. The van der Waals surface area contributed by atoms with Gasteiger partial charge < -0.3 is 4.90 Å². The van der Waals surface area contributed by atoms with Crippen molar-refractivity contribution in [3.63, 3.8) is 0 Å². The zero-order valence-corrected chi connectivity index (χ0v) is 13.3. The summed E-state index contributed by atoms with van der Waals surface area (Å²) in [5.74, 6) is 0.733. The average molecular weight is 295 g/mol. The summed E-state index contributed by atoms with van der Waals surface area (Å²) in [5, 5.41) is 4.07. The van der Waals surface area contributed by atoms with E-state index in [0.29, 0.717) is 10.9 Å². The predicted octanol–water partition coefficient (Wildman–Crippen LogP) is 3.59. The maximum absolute atomic E-state index is 12.4. The molecule has 1 aliphatic heterocycles. The first-order chi connectivity index (χ1) is 9.40. The molecule has 20 heavy (non-hydrogen) atoms. The van der Waals surface area contributed by atoms with Crippen LogP contribution in [0.4, 0.5) is 0 Å². The van der Waals surface area contributed by atoms with Crippen molar-refractivity contribution in [2.45, 2.75) is 52.4 Å². The number of carbonyl (C=O) groups is 1. The van der Waals surface area contributed by atoms with Crippen LogP contribution in [0, 0.1) is 5.92 Å². The summed E-state index contributed by atoms with van der Waals surface area (Å²) in [5.41, 5.74) is 1.05. The monoisotopic (exact) mass is 294 g/mol. The summed E-state index contributed by atoms with van der Waals surface area (Å²) >= 11 is 6.08. The highest BCUT2D eigenvalue weighted by molar-refractivity contribution is 6.30. The van der Waals surface area contributed by atoms with E-state index in [0.717, 1.165) is 12.0 Å². The largest absolute Gasteiger partial charge is 0.319 e. The van der Waals surface area contributed by atoms with Crippen LogP contribution in [0.15, 0.2) is 24.3 Å². The third kappa shape index (κ3) is 3.15. The van der Waals surface area contributed by atoms with Gasteiger partial charge in [0.1, 0.15) is 6.17 Å². The Kier molecular flexibility index (Phi) is 4.71. The van der Waals surface area contributed by atoms with E-state index in [9.17, 15) is 4.79 Å². The van der Waals surface area contributed by atoms with Crippen LogP contribution >= 0.6 is 11.6 Å². The van der Waals surface area contributed by atoms with E-state index in [-0.39, 0.29) is 24.2 Å². The number of benzene rings is 1. The second-order valence-corrected chi connectivity index (χ2v) is 6.51. The molecule has 1 heterocycles.